The third-order valence-electron chi connectivity index (χ3n) is 4.18. The largest absolute Gasteiger partial charge is 0.466 e. The average molecular weight is 374 g/mol. The molecule has 0 amide bonds. The molecule has 5 nitrogen and oxygen atoms in total. The molecule has 23 heavy (non-hydrogen) atoms. The maximum absolute atomic E-state index is 12.5. The van der Waals surface area contributed by atoms with Gasteiger partial charge in [-0.3, -0.25) is 4.98 Å². The summed E-state index contributed by atoms with van der Waals surface area (Å²) in [6, 6.07) is 1.84. The Hall–Kier alpha value is -2.13. The van der Waals surface area contributed by atoms with Crippen LogP contribution in [0.15, 0.2) is 45.6 Å². The number of pyridine rings is 1. The molecule has 118 valence electrons. The average Bonchev–Trinajstić information content (AvgIpc) is 3.38. The van der Waals surface area contributed by atoms with Crippen molar-refractivity contribution in [1.29, 1.82) is 0 Å². The van der Waals surface area contributed by atoms with Crippen LogP contribution in [0.5, 0.6) is 0 Å². The highest BCUT2D eigenvalue weighted by molar-refractivity contribution is 9.10. The number of carbonyl (C=O) groups excluding carboxylic acids is 1. The minimum Gasteiger partial charge on any atom is -0.466 e. The highest BCUT2D eigenvalue weighted by Gasteiger charge is 2.41. The van der Waals surface area contributed by atoms with Gasteiger partial charge in [0.05, 0.1) is 25.2 Å². The lowest BCUT2D eigenvalue weighted by molar-refractivity contribution is -0.136. The summed E-state index contributed by atoms with van der Waals surface area (Å²) >= 11 is 3.50. The molecule has 1 unspecified atom stereocenters. The van der Waals surface area contributed by atoms with E-state index >= 15 is 0 Å². The fraction of sp³-hybridized carbons (Fsp3) is 0.353. The quantitative estimate of drug-likeness (QED) is 0.650. The second-order valence-electron chi connectivity index (χ2n) is 5.67. The SMILES string of the molecule is [C-]#[N+]C1=C(C)NC(C2CC2)=C(C(=O)OC)C1c1ccncc1Br. The molecule has 1 aliphatic heterocycles. The summed E-state index contributed by atoms with van der Waals surface area (Å²) in [5.74, 6) is -0.481. The fourth-order valence-corrected chi connectivity index (χ4v) is 3.42. The minimum atomic E-state index is -0.436. The number of dihydropyridines is 1. The number of methoxy groups -OCH3 is 1. The van der Waals surface area contributed by atoms with Crippen LogP contribution in [0, 0.1) is 12.5 Å². The number of nitrogens with one attached hydrogen (secondary N) is 1. The zero-order chi connectivity index (χ0) is 16.6. The zero-order valence-corrected chi connectivity index (χ0v) is 14.5. The standard InChI is InChI=1S/C17H16BrN3O2/c1-9-15(19-2)13(11-6-7-20-8-12(11)18)14(17(22)23-3)16(21-9)10-4-5-10/h6-8,10,13,21H,4-5H2,1,3H3. The van der Waals surface area contributed by atoms with Crippen LogP contribution in [0.2, 0.25) is 0 Å². The van der Waals surface area contributed by atoms with E-state index in [0.29, 0.717) is 17.2 Å². The van der Waals surface area contributed by atoms with Crippen LogP contribution in [0.1, 0.15) is 31.2 Å². The lowest BCUT2D eigenvalue weighted by Gasteiger charge is -2.30. The summed E-state index contributed by atoms with van der Waals surface area (Å²) in [4.78, 5) is 20.3. The van der Waals surface area contributed by atoms with Crippen molar-refractivity contribution in [3.05, 3.63) is 62.6 Å². The van der Waals surface area contributed by atoms with E-state index in [1.165, 1.54) is 7.11 Å². The van der Waals surface area contributed by atoms with Gasteiger partial charge in [-0.25, -0.2) is 9.64 Å². The van der Waals surface area contributed by atoms with Crippen molar-refractivity contribution in [1.82, 2.24) is 10.3 Å². The van der Waals surface area contributed by atoms with Crippen LogP contribution in [-0.2, 0) is 9.53 Å². The van der Waals surface area contributed by atoms with Gasteiger partial charge in [0.15, 0.2) is 5.70 Å². The molecule has 0 saturated heterocycles. The summed E-state index contributed by atoms with van der Waals surface area (Å²) in [5.41, 5.74) is 3.60. The van der Waals surface area contributed by atoms with E-state index in [1.54, 1.807) is 12.4 Å². The summed E-state index contributed by atoms with van der Waals surface area (Å²) in [5, 5.41) is 3.28. The predicted molar refractivity (Wildman–Crippen MR) is 88.9 cm³/mol. The Kier molecular flexibility index (Phi) is 4.22. The first-order chi connectivity index (χ1) is 11.1. The molecule has 2 heterocycles. The molecule has 0 spiro atoms. The number of nitrogens with zero attached hydrogens (tertiary/aromatic N) is 2. The van der Waals surface area contributed by atoms with Gasteiger partial charge in [-0.2, -0.15) is 0 Å². The lowest BCUT2D eigenvalue weighted by atomic mass is 9.83. The molecule has 1 fully saturated rings. The van der Waals surface area contributed by atoms with Gasteiger partial charge in [0, 0.05) is 28.3 Å². The number of aromatic nitrogens is 1. The van der Waals surface area contributed by atoms with Gasteiger partial charge in [0.1, 0.15) is 0 Å². The second-order valence-corrected chi connectivity index (χ2v) is 6.52. The monoisotopic (exact) mass is 373 g/mol. The molecular formula is C17H16BrN3O2. The van der Waals surface area contributed by atoms with E-state index in [-0.39, 0.29) is 5.97 Å². The van der Waals surface area contributed by atoms with Gasteiger partial charge < -0.3 is 10.1 Å². The highest BCUT2D eigenvalue weighted by atomic mass is 79.9. The Morgan fingerprint density at radius 1 is 1.52 bits per heavy atom. The van der Waals surface area contributed by atoms with Gasteiger partial charge in [0.25, 0.3) is 0 Å². The molecule has 1 aromatic rings. The number of halogens is 1. The maximum atomic E-state index is 12.5. The summed E-state index contributed by atoms with van der Waals surface area (Å²) < 4.78 is 5.80. The normalized spacial score (nSPS) is 20.9. The minimum absolute atomic E-state index is 0.342. The van der Waals surface area contributed by atoms with E-state index in [1.807, 2.05) is 13.0 Å². The van der Waals surface area contributed by atoms with E-state index in [0.717, 1.165) is 34.3 Å². The highest BCUT2D eigenvalue weighted by Crippen LogP contribution is 2.47. The third kappa shape index (κ3) is 2.77. The van der Waals surface area contributed by atoms with Crippen molar-refractivity contribution in [3.8, 4) is 0 Å². The van der Waals surface area contributed by atoms with E-state index in [4.69, 9.17) is 11.3 Å². The van der Waals surface area contributed by atoms with E-state index in [9.17, 15) is 4.79 Å². The Morgan fingerprint density at radius 2 is 2.26 bits per heavy atom. The van der Waals surface area contributed by atoms with Crippen LogP contribution in [-0.4, -0.2) is 18.1 Å². The Labute approximate surface area is 143 Å². The number of esters is 1. The summed E-state index contributed by atoms with van der Waals surface area (Å²) in [6.45, 7) is 9.46. The van der Waals surface area contributed by atoms with E-state index < -0.39 is 5.92 Å². The van der Waals surface area contributed by atoms with Crippen molar-refractivity contribution in [2.45, 2.75) is 25.7 Å². The number of rotatable bonds is 3. The van der Waals surface area contributed by atoms with Crippen LogP contribution in [0.25, 0.3) is 4.85 Å². The topological polar surface area (TPSA) is 55.6 Å². The first-order valence-electron chi connectivity index (χ1n) is 7.35. The molecule has 0 radical (unpaired) electrons. The number of hydrogen-bond donors (Lipinski definition) is 1. The smallest absolute Gasteiger partial charge is 0.335 e. The van der Waals surface area contributed by atoms with Gasteiger partial charge >= 0.3 is 5.97 Å². The summed E-state index contributed by atoms with van der Waals surface area (Å²) in [6.07, 6.45) is 5.45. The summed E-state index contributed by atoms with van der Waals surface area (Å²) in [7, 11) is 1.38. The molecular weight excluding hydrogens is 358 g/mol. The third-order valence-corrected chi connectivity index (χ3v) is 4.85. The van der Waals surface area contributed by atoms with E-state index in [2.05, 4.69) is 31.1 Å². The van der Waals surface area contributed by atoms with Crippen LogP contribution in [0.4, 0.5) is 0 Å². The number of ether oxygens (including phenoxy) is 1. The van der Waals surface area contributed by atoms with Crippen LogP contribution in [0.3, 0.4) is 0 Å². The Morgan fingerprint density at radius 3 is 2.83 bits per heavy atom. The molecule has 2 aliphatic rings. The molecule has 0 aromatic carbocycles. The van der Waals surface area contributed by atoms with Crippen molar-refractivity contribution in [2.75, 3.05) is 7.11 Å². The number of hydrogen-bond acceptors (Lipinski definition) is 4. The predicted octanol–water partition coefficient (Wildman–Crippen LogP) is 3.52. The van der Waals surface area contributed by atoms with Gasteiger partial charge in [0.2, 0.25) is 0 Å². The first-order valence-corrected chi connectivity index (χ1v) is 8.14. The number of carbonyl (C=O) groups is 1. The van der Waals surface area contributed by atoms with Crippen LogP contribution < -0.4 is 5.32 Å². The van der Waals surface area contributed by atoms with Crippen molar-refractivity contribution in [2.24, 2.45) is 5.92 Å². The molecule has 1 N–H and O–H groups in total. The zero-order valence-electron chi connectivity index (χ0n) is 12.9. The second kappa shape index (κ2) is 6.17. The molecule has 6 heteroatoms. The molecule has 1 atom stereocenters. The molecule has 1 aliphatic carbocycles. The molecule has 1 saturated carbocycles. The Balaban J connectivity index is 2.23. The molecule has 0 bridgehead atoms. The number of allylic oxidation sites excluding steroid dienone is 3. The van der Waals surface area contributed by atoms with Crippen molar-refractivity contribution < 1.29 is 9.53 Å². The molecule has 3 rings (SSSR count). The fourth-order valence-electron chi connectivity index (χ4n) is 2.95. The van der Waals surface area contributed by atoms with Crippen molar-refractivity contribution in [3.63, 3.8) is 0 Å². The Bertz CT molecular complexity index is 772. The van der Waals surface area contributed by atoms with Crippen LogP contribution >= 0.6 is 15.9 Å². The molecule has 1 aromatic heterocycles. The first kappa shape index (κ1) is 15.8. The van der Waals surface area contributed by atoms with Gasteiger partial charge in [-0.15, -0.1) is 0 Å². The van der Waals surface area contributed by atoms with Gasteiger partial charge in [-0.05, 0) is 53.2 Å². The van der Waals surface area contributed by atoms with Gasteiger partial charge in [-0.1, -0.05) is 0 Å². The maximum Gasteiger partial charge on any atom is 0.335 e. The lowest BCUT2D eigenvalue weighted by Crippen LogP contribution is -2.30. The van der Waals surface area contributed by atoms with Crippen molar-refractivity contribution >= 4 is 21.9 Å².